The second-order valence-corrected chi connectivity index (χ2v) is 7.00. The number of nitrogens with zero attached hydrogens (tertiary/aromatic N) is 3. The first-order valence-corrected chi connectivity index (χ1v) is 8.70. The predicted molar refractivity (Wildman–Crippen MR) is 91.8 cm³/mol. The largest absolute Gasteiger partial charge is 0.508 e. The Balaban J connectivity index is 1.54. The van der Waals surface area contributed by atoms with E-state index in [2.05, 4.69) is 29.0 Å². The molecule has 1 N–H and O–H groups in total. The second kappa shape index (κ2) is 6.67. The standard InChI is InChI=1S/C17H23N3OS/c1-13(2)17-18-14(12-22-17)11-19-7-9-20(10-8-19)15-3-5-16(21)6-4-15/h3-6,12-13,21H,7-11H2,1-2H3. The van der Waals surface area contributed by atoms with Crippen molar-refractivity contribution in [3.63, 3.8) is 0 Å². The minimum atomic E-state index is 0.326. The molecule has 4 nitrogen and oxygen atoms in total. The Morgan fingerprint density at radius 3 is 2.41 bits per heavy atom. The molecule has 0 amide bonds. The van der Waals surface area contributed by atoms with Crippen molar-refractivity contribution in [2.75, 3.05) is 31.1 Å². The molecule has 5 heteroatoms. The Hall–Kier alpha value is -1.59. The molecule has 22 heavy (non-hydrogen) atoms. The Morgan fingerprint density at radius 2 is 1.82 bits per heavy atom. The quantitative estimate of drug-likeness (QED) is 0.939. The molecule has 1 fully saturated rings. The van der Waals surface area contributed by atoms with E-state index in [1.165, 1.54) is 16.4 Å². The van der Waals surface area contributed by atoms with Crippen molar-refractivity contribution in [1.29, 1.82) is 0 Å². The van der Waals surface area contributed by atoms with Gasteiger partial charge in [-0.3, -0.25) is 4.90 Å². The van der Waals surface area contributed by atoms with Gasteiger partial charge in [-0.1, -0.05) is 13.8 Å². The fourth-order valence-electron chi connectivity index (χ4n) is 2.72. The minimum absolute atomic E-state index is 0.326. The van der Waals surface area contributed by atoms with Gasteiger partial charge >= 0.3 is 0 Å². The highest BCUT2D eigenvalue weighted by molar-refractivity contribution is 7.09. The molecule has 0 aliphatic carbocycles. The van der Waals surface area contributed by atoms with E-state index in [0.717, 1.165) is 32.7 Å². The number of rotatable bonds is 4. The average Bonchev–Trinajstić information content (AvgIpc) is 2.98. The van der Waals surface area contributed by atoms with E-state index < -0.39 is 0 Å². The van der Waals surface area contributed by atoms with Crippen molar-refractivity contribution < 1.29 is 5.11 Å². The summed E-state index contributed by atoms with van der Waals surface area (Å²) in [5, 5.41) is 12.8. The van der Waals surface area contributed by atoms with Crippen molar-refractivity contribution in [2.45, 2.75) is 26.3 Å². The number of hydrogen-bond acceptors (Lipinski definition) is 5. The summed E-state index contributed by atoms with van der Waals surface area (Å²) in [6.07, 6.45) is 0. The second-order valence-electron chi connectivity index (χ2n) is 6.11. The zero-order valence-electron chi connectivity index (χ0n) is 13.2. The molecule has 3 rings (SSSR count). The van der Waals surface area contributed by atoms with Crippen molar-refractivity contribution in [3.05, 3.63) is 40.3 Å². The van der Waals surface area contributed by atoms with E-state index in [1.54, 1.807) is 23.5 Å². The highest BCUT2D eigenvalue weighted by Gasteiger charge is 2.18. The topological polar surface area (TPSA) is 39.6 Å². The average molecular weight is 317 g/mol. The lowest BCUT2D eigenvalue weighted by Gasteiger charge is -2.35. The molecule has 118 valence electrons. The maximum Gasteiger partial charge on any atom is 0.115 e. The van der Waals surface area contributed by atoms with E-state index in [0.29, 0.717) is 11.7 Å². The first-order chi connectivity index (χ1) is 10.6. The molecule has 0 saturated carbocycles. The van der Waals surface area contributed by atoms with Gasteiger partial charge in [-0.2, -0.15) is 0 Å². The third-order valence-electron chi connectivity index (χ3n) is 4.04. The number of phenols is 1. The molecule has 0 spiro atoms. The van der Waals surface area contributed by atoms with Gasteiger partial charge in [-0.25, -0.2) is 4.98 Å². The Morgan fingerprint density at radius 1 is 1.14 bits per heavy atom. The summed E-state index contributed by atoms with van der Waals surface area (Å²) in [6.45, 7) is 9.48. The Kier molecular flexibility index (Phi) is 4.64. The van der Waals surface area contributed by atoms with E-state index >= 15 is 0 Å². The predicted octanol–water partition coefficient (Wildman–Crippen LogP) is 3.29. The van der Waals surface area contributed by atoms with E-state index in [4.69, 9.17) is 4.98 Å². The molecule has 1 aromatic carbocycles. The maximum atomic E-state index is 9.37. The smallest absolute Gasteiger partial charge is 0.115 e. The van der Waals surface area contributed by atoms with Crippen molar-refractivity contribution in [2.24, 2.45) is 0 Å². The van der Waals surface area contributed by atoms with Gasteiger partial charge in [-0.05, 0) is 24.3 Å². The zero-order chi connectivity index (χ0) is 15.5. The van der Waals surface area contributed by atoms with Crippen LogP contribution in [-0.2, 0) is 6.54 Å². The Bertz CT molecular complexity index is 601. The summed E-state index contributed by atoms with van der Waals surface area (Å²) in [4.78, 5) is 9.57. The molecule has 0 unspecified atom stereocenters. The van der Waals surface area contributed by atoms with Gasteiger partial charge in [0.05, 0.1) is 10.7 Å². The molecule has 1 aliphatic heterocycles. The molecule has 0 bridgehead atoms. The minimum Gasteiger partial charge on any atom is -0.508 e. The number of benzene rings is 1. The van der Waals surface area contributed by atoms with Crippen LogP contribution < -0.4 is 4.90 Å². The molecule has 1 aromatic heterocycles. The molecular weight excluding hydrogens is 294 g/mol. The van der Waals surface area contributed by atoms with Crippen LogP contribution in [0.1, 0.15) is 30.5 Å². The number of phenolic OH excluding ortho intramolecular Hbond substituents is 1. The van der Waals surface area contributed by atoms with Crippen molar-refractivity contribution in [1.82, 2.24) is 9.88 Å². The molecule has 2 heterocycles. The third kappa shape index (κ3) is 3.59. The van der Waals surface area contributed by atoms with Gasteiger partial charge in [-0.15, -0.1) is 11.3 Å². The molecule has 2 aromatic rings. The summed E-state index contributed by atoms with van der Waals surface area (Å²) in [5.74, 6) is 0.844. The van der Waals surface area contributed by atoms with Gasteiger partial charge in [0.25, 0.3) is 0 Å². The lowest BCUT2D eigenvalue weighted by molar-refractivity contribution is 0.247. The number of aromatic nitrogens is 1. The van der Waals surface area contributed by atoms with Gasteiger partial charge in [0.2, 0.25) is 0 Å². The van der Waals surface area contributed by atoms with E-state index in [1.807, 2.05) is 12.1 Å². The van der Waals surface area contributed by atoms with Gasteiger partial charge in [0.15, 0.2) is 0 Å². The van der Waals surface area contributed by atoms with Crippen LogP contribution in [0.4, 0.5) is 5.69 Å². The normalized spacial score (nSPS) is 16.4. The van der Waals surface area contributed by atoms with E-state index in [-0.39, 0.29) is 0 Å². The monoisotopic (exact) mass is 317 g/mol. The lowest BCUT2D eigenvalue weighted by Crippen LogP contribution is -2.46. The SMILES string of the molecule is CC(C)c1nc(CN2CCN(c3ccc(O)cc3)CC2)cs1. The number of anilines is 1. The number of thiazole rings is 1. The molecule has 1 saturated heterocycles. The van der Waals surface area contributed by atoms with Crippen molar-refractivity contribution in [3.8, 4) is 5.75 Å². The fourth-order valence-corrected chi connectivity index (χ4v) is 3.54. The number of hydrogen-bond donors (Lipinski definition) is 1. The number of piperazine rings is 1. The Labute approximate surface area is 136 Å². The first-order valence-electron chi connectivity index (χ1n) is 7.82. The van der Waals surface area contributed by atoms with Crippen LogP contribution in [0.2, 0.25) is 0 Å². The summed E-state index contributed by atoms with van der Waals surface area (Å²) in [5.41, 5.74) is 2.39. The molecule has 0 atom stereocenters. The van der Waals surface area contributed by atoms with Crippen molar-refractivity contribution >= 4 is 17.0 Å². The fraction of sp³-hybridized carbons (Fsp3) is 0.471. The molecule has 0 radical (unpaired) electrons. The van der Waals surface area contributed by atoms with Crippen LogP contribution in [0, 0.1) is 0 Å². The lowest BCUT2D eigenvalue weighted by atomic mass is 10.2. The summed E-state index contributed by atoms with van der Waals surface area (Å²) in [7, 11) is 0. The van der Waals surface area contributed by atoms with Gasteiger partial charge in [0, 0.05) is 49.7 Å². The third-order valence-corrected chi connectivity index (χ3v) is 5.23. The summed E-state index contributed by atoms with van der Waals surface area (Å²) < 4.78 is 0. The maximum absolute atomic E-state index is 9.37. The van der Waals surface area contributed by atoms with Gasteiger partial charge in [0.1, 0.15) is 5.75 Å². The van der Waals surface area contributed by atoms with E-state index in [9.17, 15) is 5.11 Å². The summed E-state index contributed by atoms with van der Waals surface area (Å²) >= 11 is 1.77. The van der Waals surface area contributed by atoms with Crippen LogP contribution in [0.3, 0.4) is 0 Å². The van der Waals surface area contributed by atoms with Crippen LogP contribution in [0.25, 0.3) is 0 Å². The van der Waals surface area contributed by atoms with Crippen LogP contribution in [0.5, 0.6) is 5.75 Å². The number of aromatic hydroxyl groups is 1. The van der Waals surface area contributed by atoms with Crippen LogP contribution >= 0.6 is 11.3 Å². The first kappa shape index (κ1) is 15.3. The highest BCUT2D eigenvalue weighted by atomic mass is 32.1. The zero-order valence-corrected chi connectivity index (χ0v) is 14.0. The van der Waals surface area contributed by atoms with Gasteiger partial charge < -0.3 is 10.0 Å². The van der Waals surface area contributed by atoms with Crippen LogP contribution in [0.15, 0.2) is 29.6 Å². The summed E-state index contributed by atoms with van der Waals surface area (Å²) in [6, 6.07) is 7.48. The molecular formula is C17H23N3OS. The van der Waals surface area contributed by atoms with Crippen LogP contribution in [-0.4, -0.2) is 41.2 Å². The molecule has 1 aliphatic rings. The highest BCUT2D eigenvalue weighted by Crippen LogP contribution is 2.22.